The van der Waals surface area contributed by atoms with Gasteiger partial charge in [-0.25, -0.2) is 0 Å². The minimum Gasteiger partial charge on any atom is -0.465 e. The Morgan fingerprint density at radius 2 is 1.93 bits per heavy atom. The number of aliphatic hydroxyl groups is 1. The molecule has 0 amide bonds. The molecule has 4 aliphatic carbocycles. The summed E-state index contributed by atoms with van der Waals surface area (Å²) in [6.45, 7) is 7.76. The van der Waals surface area contributed by atoms with Gasteiger partial charge in [-0.1, -0.05) is 45.3 Å². The molecule has 3 saturated carbocycles. The van der Waals surface area contributed by atoms with Crippen LogP contribution in [0.15, 0.2) is 11.6 Å². The van der Waals surface area contributed by atoms with Gasteiger partial charge in [-0.15, -0.1) is 0 Å². The molecule has 3 heteroatoms. The highest BCUT2D eigenvalue weighted by Crippen LogP contribution is 2.68. The average Bonchev–Trinajstić information content (AvgIpc) is 3.10. The molecule has 0 aromatic heterocycles. The van der Waals surface area contributed by atoms with Crippen LogP contribution < -0.4 is 0 Å². The Balaban J connectivity index is 1.38. The van der Waals surface area contributed by atoms with Crippen LogP contribution in [0, 0.1) is 46.3 Å². The van der Waals surface area contributed by atoms with E-state index in [1.807, 2.05) is 0 Å². The third kappa shape index (κ3) is 3.12. The average molecular weight is 415 g/mol. The van der Waals surface area contributed by atoms with Crippen LogP contribution >= 0.6 is 0 Å². The van der Waals surface area contributed by atoms with E-state index in [4.69, 9.17) is 4.74 Å². The molecule has 0 bridgehead atoms. The summed E-state index contributed by atoms with van der Waals surface area (Å²) < 4.78 is 5.96. The van der Waals surface area contributed by atoms with Crippen molar-refractivity contribution in [3.63, 3.8) is 0 Å². The van der Waals surface area contributed by atoms with E-state index in [-0.39, 0.29) is 23.4 Å². The van der Waals surface area contributed by atoms with Gasteiger partial charge in [0.2, 0.25) is 0 Å². The topological polar surface area (TPSA) is 46.5 Å². The third-order valence-electron chi connectivity index (χ3n) is 10.4. The maximum atomic E-state index is 12.8. The van der Waals surface area contributed by atoms with Gasteiger partial charge in [-0.3, -0.25) is 4.79 Å². The van der Waals surface area contributed by atoms with E-state index in [1.165, 1.54) is 38.5 Å². The van der Waals surface area contributed by atoms with E-state index >= 15 is 0 Å². The first kappa shape index (κ1) is 21.0. The van der Waals surface area contributed by atoms with Crippen molar-refractivity contribution in [3.05, 3.63) is 11.6 Å². The third-order valence-corrected chi connectivity index (χ3v) is 10.4. The Bertz CT molecular complexity index is 711. The lowest BCUT2D eigenvalue weighted by molar-refractivity contribution is -0.182. The maximum absolute atomic E-state index is 12.8. The molecule has 1 spiro atoms. The summed E-state index contributed by atoms with van der Waals surface area (Å²) in [5, 5.41) is 10.2. The number of rotatable bonds is 4. The first-order valence-corrected chi connectivity index (χ1v) is 12.9. The second-order valence-corrected chi connectivity index (χ2v) is 12.2. The van der Waals surface area contributed by atoms with Gasteiger partial charge in [-0.2, -0.15) is 0 Å². The van der Waals surface area contributed by atoms with E-state index < -0.39 is 0 Å². The molecule has 1 aliphatic heterocycles. The summed E-state index contributed by atoms with van der Waals surface area (Å²) in [6, 6.07) is 0. The standard InChI is InChI=1S/C27H42O3/c1-17(2)5-4-6-21-24-10-9-23-20-8-7-18-15-19(28)11-13-26(18,3)22(20)12-14-27(23,24)16-30-25(21)29/h7,17,19-24,28H,4-6,8-16H2,1-3H3/t19-,20-,21+,22+,23+,24-,26+,27-/m1/s1. The van der Waals surface area contributed by atoms with Gasteiger partial charge in [0, 0.05) is 5.41 Å². The Labute approximate surface area is 183 Å². The molecule has 0 aromatic carbocycles. The summed E-state index contributed by atoms with van der Waals surface area (Å²) in [6.07, 6.45) is 15.1. The highest BCUT2D eigenvalue weighted by Gasteiger charge is 2.64. The second kappa shape index (κ2) is 7.64. The fraction of sp³-hybridized carbons (Fsp3) is 0.889. The van der Waals surface area contributed by atoms with Crippen molar-refractivity contribution in [2.75, 3.05) is 6.61 Å². The Kier molecular flexibility index (Phi) is 5.36. The molecule has 3 nitrogen and oxygen atoms in total. The van der Waals surface area contributed by atoms with Crippen molar-refractivity contribution in [1.29, 1.82) is 0 Å². The van der Waals surface area contributed by atoms with E-state index in [2.05, 4.69) is 26.8 Å². The van der Waals surface area contributed by atoms with Gasteiger partial charge in [0.1, 0.15) is 0 Å². The number of fused-ring (bicyclic) bond motifs is 4. The largest absolute Gasteiger partial charge is 0.465 e. The SMILES string of the molecule is CC(C)CCC[C@@H]1C(=O)OC[C@]23CC[C@H]4[C@@H](CC=C5C[C@H](O)CC[C@@]54C)[C@@H]2CC[C@H]13. The van der Waals surface area contributed by atoms with Crippen LogP contribution in [0.5, 0.6) is 0 Å². The van der Waals surface area contributed by atoms with Gasteiger partial charge in [0.15, 0.2) is 0 Å². The van der Waals surface area contributed by atoms with Crippen molar-refractivity contribution in [1.82, 2.24) is 0 Å². The van der Waals surface area contributed by atoms with Gasteiger partial charge < -0.3 is 9.84 Å². The second-order valence-electron chi connectivity index (χ2n) is 12.2. The monoisotopic (exact) mass is 414 g/mol. The first-order valence-electron chi connectivity index (χ1n) is 12.9. The molecule has 168 valence electrons. The van der Waals surface area contributed by atoms with Crippen molar-refractivity contribution in [3.8, 4) is 0 Å². The summed E-state index contributed by atoms with van der Waals surface area (Å²) >= 11 is 0. The molecule has 1 saturated heterocycles. The number of aliphatic hydroxyl groups excluding tert-OH is 1. The lowest BCUT2D eigenvalue weighted by Gasteiger charge is -2.59. The Morgan fingerprint density at radius 3 is 2.73 bits per heavy atom. The summed E-state index contributed by atoms with van der Waals surface area (Å²) in [4.78, 5) is 12.8. The van der Waals surface area contributed by atoms with Crippen molar-refractivity contribution in [2.24, 2.45) is 46.3 Å². The number of esters is 1. The highest BCUT2D eigenvalue weighted by atomic mass is 16.5. The molecule has 30 heavy (non-hydrogen) atoms. The lowest BCUT2D eigenvalue weighted by atomic mass is 9.46. The summed E-state index contributed by atoms with van der Waals surface area (Å²) in [5.74, 6) is 3.76. The van der Waals surface area contributed by atoms with Crippen LogP contribution in [0.4, 0.5) is 0 Å². The number of ether oxygens (including phenoxy) is 1. The molecule has 1 N–H and O–H groups in total. The fourth-order valence-corrected chi connectivity index (χ4v) is 8.92. The maximum Gasteiger partial charge on any atom is 0.309 e. The molecule has 1 heterocycles. The van der Waals surface area contributed by atoms with Crippen molar-refractivity contribution >= 4 is 5.97 Å². The molecular weight excluding hydrogens is 372 g/mol. The molecule has 0 unspecified atom stereocenters. The Morgan fingerprint density at radius 1 is 1.13 bits per heavy atom. The van der Waals surface area contributed by atoms with Gasteiger partial charge in [-0.05, 0) is 92.8 Å². The van der Waals surface area contributed by atoms with Gasteiger partial charge in [0.25, 0.3) is 0 Å². The predicted molar refractivity (Wildman–Crippen MR) is 119 cm³/mol. The number of carbonyl (C=O) groups is 1. The lowest BCUT2D eigenvalue weighted by Crippen LogP contribution is -2.56. The number of hydrogen-bond acceptors (Lipinski definition) is 3. The molecule has 5 rings (SSSR count). The molecular formula is C27H42O3. The molecule has 5 aliphatic rings. The molecule has 4 fully saturated rings. The van der Waals surface area contributed by atoms with Crippen LogP contribution in [0.2, 0.25) is 0 Å². The van der Waals surface area contributed by atoms with E-state index in [0.717, 1.165) is 49.9 Å². The Hall–Kier alpha value is -0.830. The normalized spacial score (nSPS) is 47.6. The van der Waals surface area contributed by atoms with E-state index in [9.17, 15) is 9.90 Å². The molecule has 8 atom stereocenters. The predicted octanol–water partition coefficient (Wildman–Crippen LogP) is 5.91. The first-order chi connectivity index (χ1) is 14.3. The highest BCUT2D eigenvalue weighted by molar-refractivity contribution is 5.74. The van der Waals surface area contributed by atoms with Crippen LogP contribution in [0.1, 0.15) is 91.4 Å². The van der Waals surface area contributed by atoms with Crippen molar-refractivity contribution in [2.45, 2.75) is 97.5 Å². The zero-order valence-electron chi connectivity index (χ0n) is 19.4. The van der Waals surface area contributed by atoms with Crippen LogP contribution in [-0.4, -0.2) is 23.8 Å². The van der Waals surface area contributed by atoms with E-state index in [0.29, 0.717) is 23.9 Å². The van der Waals surface area contributed by atoms with Crippen LogP contribution in [0.25, 0.3) is 0 Å². The minimum absolute atomic E-state index is 0.108. The van der Waals surface area contributed by atoms with Crippen LogP contribution in [-0.2, 0) is 9.53 Å². The summed E-state index contributed by atoms with van der Waals surface area (Å²) in [7, 11) is 0. The van der Waals surface area contributed by atoms with Gasteiger partial charge >= 0.3 is 5.97 Å². The fourth-order valence-electron chi connectivity index (χ4n) is 8.92. The number of carbonyl (C=O) groups excluding carboxylic acids is 1. The zero-order chi connectivity index (χ0) is 21.1. The number of cyclic esters (lactones) is 1. The van der Waals surface area contributed by atoms with Crippen LogP contribution in [0.3, 0.4) is 0 Å². The van der Waals surface area contributed by atoms with Crippen molar-refractivity contribution < 1.29 is 14.6 Å². The number of allylic oxidation sites excluding steroid dienone is 1. The summed E-state index contributed by atoms with van der Waals surface area (Å²) in [5.41, 5.74) is 2.10. The molecule has 0 radical (unpaired) electrons. The number of hydrogen-bond donors (Lipinski definition) is 1. The zero-order valence-corrected chi connectivity index (χ0v) is 19.4. The minimum atomic E-state index is -0.129. The molecule has 0 aromatic rings. The van der Waals surface area contributed by atoms with Gasteiger partial charge in [0.05, 0.1) is 18.6 Å². The quantitative estimate of drug-likeness (QED) is 0.460. The van der Waals surface area contributed by atoms with E-state index in [1.54, 1.807) is 5.57 Å². The smallest absolute Gasteiger partial charge is 0.309 e.